The number of para-hydroxylation sites is 1. The van der Waals surface area contributed by atoms with Crippen molar-refractivity contribution < 1.29 is 23.2 Å². The summed E-state index contributed by atoms with van der Waals surface area (Å²) in [6.07, 6.45) is 1.56. The molecular formula is C41H40FN2O3+. The highest BCUT2D eigenvalue weighted by molar-refractivity contribution is 6.06. The van der Waals surface area contributed by atoms with Crippen molar-refractivity contribution in [3.63, 3.8) is 0 Å². The molecule has 0 spiro atoms. The van der Waals surface area contributed by atoms with Gasteiger partial charge in [-0.25, -0.2) is 4.39 Å². The first kappa shape index (κ1) is 33.0. The van der Waals surface area contributed by atoms with Gasteiger partial charge in [0, 0.05) is 24.3 Å². The van der Waals surface area contributed by atoms with Crippen LogP contribution < -0.4 is 5.32 Å². The Morgan fingerprint density at radius 1 is 0.766 bits per heavy atom. The first-order chi connectivity index (χ1) is 23.0. The van der Waals surface area contributed by atoms with Crippen LogP contribution in [0.2, 0.25) is 0 Å². The zero-order valence-electron chi connectivity index (χ0n) is 27.0. The summed E-state index contributed by atoms with van der Waals surface area (Å²) in [5.74, 6) is 0.0969. The highest BCUT2D eigenvalue weighted by atomic mass is 19.1. The molecule has 0 radical (unpaired) electrons. The third-order valence-corrected chi connectivity index (χ3v) is 7.84. The van der Waals surface area contributed by atoms with Gasteiger partial charge in [0.1, 0.15) is 18.5 Å². The fraction of sp³-hybridized carbons (Fsp3) is 0.171. The van der Waals surface area contributed by atoms with Crippen molar-refractivity contribution in [3.8, 4) is 11.1 Å². The van der Waals surface area contributed by atoms with Crippen molar-refractivity contribution in [2.24, 2.45) is 0 Å². The van der Waals surface area contributed by atoms with Crippen LogP contribution in [0.25, 0.3) is 11.1 Å². The predicted molar refractivity (Wildman–Crippen MR) is 187 cm³/mol. The zero-order valence-corrected chi connectivity index (χ0v) is 27.0. The summed E-state index contributed by atoms with van der Waals surface area (Å²) in [5.41, 5.74) is 6.05. The lowest BCUT2D eigenvalue weighted by Gasteiger charge is -2.20. The van der Waals surface area contributed by atoms with Crippen LogP contribution in [0, 0.1) is 5.82 Å². The Morgan fingerprint density at radius 3 is 1.83 bits per heavy atom. The normalized spacial score (nSPS) is 13.5. The average Bonchev–Trinajstić information content (AvgIpc) is 3.90. The fourth-order valence-electron chi connectivity index (χ4n) is 5.25. The SMILES string of the molecule is CC[N+]1=CC/1=C(/OC(c1ccccc1)c1ccccc1)C(=O)Nc1ccccc1.COCC(C)c1ccc(-c2ccccc2)c(F)c1. The smallest absolute Gasteiger partial charge is 0.317 e. The number of rotatable bonds is 11. The standard InChI is InChI=1S/C25H22N2O2.C16H17FO/c1-2-27-18-22(27)24(25(28)26-21-16-10-5-11-17-21)29-23(19-12-6-3-7-13-19)20-14-8-4-9-15-20;1-12(11-18-2)14-8-9-15(16(17)10-14)13-6-4-3-5-7-13/h3-18,23H,2H2,1H3;3-10,12H,11H2,1-2H3/p+1/b24-22-;. The number of amides is 1. The van der Waals surface area contributed by atoms with Crippen LogP contribution in [0.4, 0.5) is 10.1 Å². The molecule has 0 saturated carbocycles. The van der Waals surface area contributed by atoms with E-state index in [9.17, 15) is 9.18 Å². The van der Waals surface area contributed by atoms with E-state index in [2.05, 4.69) is 5.32 Å². The van der Waals surface area contributed by atoms with E-state index in [1.54, 1.807) is 13.2 Å². The summed E-state index contributed by atoms with van der Waals surface area (Å²) in [6, 6.07) is 44.3. The lowest BCUT2D eigenvalue weighted by Crippen LogP contribution is -2.20. The number of carbonyl (C=O) groups excluding carboxylic acids is 1. The summed E-state index contributed by atoms with van der Waals surface area (Å²) in [5, 5.41) is 2.95. The van der Waals surface area contributed by atoms with Gasteiger partial charge in [0.2, 0.25) is 6.21 Å². The number of benzene rings is 5. The van der Waals surface area contributed by atoms with Gasteiger partial charge in [-0.2, -0.15) is 4.58 Å². The third kappa shape index (κ3) is 8.90. The van der Waals surface area contributed by atoms with Gasteiger partial charge < -0.3 is 14.8 Å². The average molecular weight is 628 g/mol. The van der Waals surface area contributed by atoms with Gasteiger partial charge in [0.15, 0.2) is 0 Å². The highest BCUT2D eigenvalue weighted by Gasteiger charge is 2.38. The number of methoxy groups -OCH3 is 1. The molecule has 0 bridgehead atoms. The number of nitrogens with one attached hydrogen (secondary N) is 1. The molecule has 1 unspecified atom stereocenters. The Bertz CT molecular complexity index is 1770. The molecule has 238 valence electrons. The molecule has 5 nitrogen and oxygen atoms in total. The minimum Gasteiger partial charge on any atom is -0.470 e. The molecule has 6 rings (SSSR count). The van der Waals surface area contributed by atoms with Crippen molar-refractivity contribution in [2.45, 2.75) is 25.9 Å². The van der Waals surface area contributed by atoms with Crippen LogP contribution in [0.1, 0.15) is 42.6 Å². The van der Waals surface area contributed by atoms with E-state index in [-0.39, 0.29) is 23.7 Å². The number of hydrogen-bond donors (Lipinski definition) is 1. The molecule has 47 heavy (non-hydrogen) atoms. The van der Waals surface area contributed by atoms with E-state index < -0.39 is 0 Å². The monoisotopic (exact) mass is 627 g/mol. The molecule has 1 aliphatic heterocycles. The fourth-order valence-corrected chi connectivity index (χ4v) is 5.25. The Balaban J connectivity index is 0.000000207. The quantitative estimate of drug-likeness (QED) is 0.0904. The molecule has 0 fully saturated rings. The second-order valence-electron chi connectivity index (χ2n) is 11.2. The number of halogens is 1. The lowest BCUT2D eigenvalue weighted by atomic mass is 9.97. The number of nitrogens with zero attached hydrogens (tertiary/aromatic N) is 1. The van der Waals surface area contributed by atoms with E-state index >= 15 is 0 Å². The Hall–Kier alpha value is -5.33. The van der Waals surface area contributed by atoms with Crippen molar-refractivity contribution in [2.75, 3.05) is 25.6 Å². The van der Waals surface area contributed by atoms with E-state index in [1.165, 1.54) is 0 Å². The maximum absolute atomic E-state index is 14.1. The molecule has 5 aromatic carbocycles. The maximum atomic E-state index is 14.1. The lowest BCUT2D eigenvalue weighted by molar-refractivity contribution is -0.401. The predicted octanol–water partition coefficient (Wildman–Crippen LogP) is 9.00. The summed E-state index contributed by atoms with van der Waals surface area (Å²) >= 11 is 0. The van der Waals surface area contributed by atoms with Gasteiger partial charge in [-0.15, -0.1) is 0 Å². The minimum atomic E-state index is -0.380. The first-order valence-electron chi connectivity index (χ1n) is 15.8. The molecule has 1 atom stereocenters. The molecular weight excluding hydrogens is 587 g/mol. The summed E-state index contributed by atoms with van der Waals surface area (Å²) in [7, 11) is 1.66. The van der Waals surface area contributed by atoms with Gasteiger partial charge in [0.05, 0.1) is 6.61 Å². The van der Waals surface area contributed by atoms with Crippen LogP contribution in [0.3, 0.4) is 0 Å². The number of anilines is 1. The van der Waals surface area contributed by atoms with Gasteiger partial charge in [-0.1, -0.05) is 128 Å². The molecule has 5 aromatic rings. The van der Waals surface area contributed by atoms with Crippen LogP contribution in [-0.2, 0) is 14.3 Å². The minimum absolute atomic E-state index is 0.179. The van der Waals surface area contributed by atoms with E-state index in [4.69, 9.17) is 9.47 Å². The van der Waals surface area contributed by atoms with Gasteiger partial charge >= 0.3 is 5.70 Å². The molecule has 1 amide bonds. The van der Waals surface area contributed by atoms with Crippen molar-refractivity contribution in [1.29, 1.82) is 0 Å². The van der Waals surface area contributed by atoms with Crippen LogP contribution in [0.5, 0.6) is 0 Å². The highest BCUT2D eigenvalue weighted by Crippen LogP contribution is 2.31. The number of carbonyl (C=O) groups is 1. The summed E-state index contributed by atoms with van der Waals surface area (Å²) in [4.78, 5) is 13.1. The van der Waals surface area contributed by atoms with E-state index in [0.29, 0.717) is 17.9 Å². The number of hydrogen-bond acceptors (Lipinski definition) is 3. The Labute approximate surface area is 276 Å². The largest absolute Gasteiger partial charge is 0.470 e. The van der Waals surface area contributed by atoms with Gasteiger partial charge in [-0.05, 0) is 47.4 Å². The summed E-state index contributed by atoms with van der Waals surface area (Å²) in [6.45, 7) is 5.47. The molecule has 1 aliphatic rings. The molecule has 0 aromatic heterocycles. The van der Waals surface area contributed by atoms with Crippen molar-refractivity contribution in [3.05, 3.63) is 173 Å². The molecule has 1 N–H and O–H groups in total. The van der Waals surface area contributed by atoms with Gasteiger partial charge in [0.25, 0.3) is 11.7 Å². The molecule has 0 aliphatic carbocycles. The van der Waals surface area contributed by atoms with E-state index in [0.717, 1.165) is 40.2 Å². The Morgan fingerprint density at radius 2 is 1.32 bits per heavy atom. The first-order valence-corrected chi connectivity index (χ1v) is 15.8. The van der Waals surface area contributed by atoms with Gasteiger partial charge in [-0.3, -0.25) is 4.79 Å². The number of allylic oxidation sites excluding steroid dienone is 1. The summed E-state index contributed by atoms with van der Waals surface area (Å²) < 4.78 is 27.6. The third-order valence-electron chi connectivity index (χ3n) is 7.84. The second kappa shape index (κ2) is 16.3. The van der Waals surface area contributed by atoms with Crippen LogP contribution >= 0.6 is 0 Å². The van der Waals surface area contributed by atoms with Crippen LogP contribution in [-0.4, -0.2) is 37.0 Å². The second-order valence-corrected chi connectivity index (χ2v) is 11.2. The molecule has 0 saturated heterocycles. The maximum Gasteiger partial charge on any atom is 0.317 e. The Kier molecular flexibility index (Phi) is 11.5. The zero-order chi connectivity index (χ0) is 33.0. The number of ether oxygens (including phenoxy) is 2. The molecule has 1 heterocycles. The molecule has 6 heteroatoms. The van der Waals surface area contributed by atoms with Crippen molar-refractivity contribution >= 4 is 17.8 Å². The van der Waals surface area contributed by atoms with Crippen molar-refractivity contribution in [1.82, 2.24) is 0 Å². The topological polar surface area (TPSA) is 50.6 Å². The van der Waals surface area contributed by atoms with E-state index in [1.807, 2.05) is 158 Å². The van der Waals surface area contributed by atoms with Crippen LogP contribution in [0.15, 0.2) is 151 Å².